The maximum Gasteiger partial charge on any atom is 0.341 e. The Morgan fingerprint density at radius 3 is 2.56 bits per heavy atom. The monoisotopic (exact) mass is 226 g/mol. The first kappa shape index (κ1) is 12.3. The molecule has 1 aromatic rings. The van der Waals surface area contributed by atoms with Gasteiger partial charge in [0, 0.05) is 13.2 Å². The van der Waals surface area contributed by atoms with E-state index in [1.165, 1.54) is 21.3 Å². The van der Waals surface area contributed by atoms with E-state index in [0.29, 0.717) is 17.1 Å². The van der Waals surface area contributed by atoms with Crippen LogP contribution in [0, 0.1) is 0 Å². The van der Waals surface area contributed by atoms with Crippen molar-refractivity contribution in [1.29, 1.82) is 0 Å². The molecule has 0 fully saturated rings. The van der Waals surface area contributed by atoms with Gasteiger partial charge in [-0.2, -0.15) is 0 Å². The van der Waals surface area contributed by atoms with E-state index in [0.717, 1.165) is 0 Å². The average molecular weight is 226 g/mol. The Morgan fingerprint density at radius 1 is 1.25 bits per heavy atom. The van der Waals surface area contributed by atoms with E-state index in [1.807, 2.05) is 0 Å². The fourth-order valence-electron chi connectivity index (χ4n) is 1.17. The standard InChI is InChI=1S/C11H14O5/c1-13-7-16-8-4-5-9(11(12)15-3)10(6-8)14-2/h4-6H,7H2,1-3H3. The van der Waals surface area contributed by atoms with Crippen LogP contribution in [0.2, 0.25) is 0 Å². The van der Waals surface area contributed by atoms with Crippen molar-refractivity contribution in [3.63, 3.8) is 0 Å². The summed E-state index contributed by atoms with van der Waals surface area (Å²) in [5, 5.41) is 0. The van der Waals surface area contributed by atoms with Crippen LogP contribution >= 0.6 is 0 Å². The number of methoxy groups -OCH3 is 3. The summed E-state index contributed by atoms with van der Waals surface area (Å²) < 4.78 is 19.7. The lowest BCUT2D eigenvalue weighted by atomic mass is 10.2. The highest BCUT2D eigenvalue weighted by Gasteiger charge is 2.13. The molecule has 0 radical (unpaired) electrons. The predicted molar refractivity (Wildman–Crippen MR) is 56.8 cm³/mol. The third kappa shape index (κ3) is 2.87. The van der Waals surface area contributed by atoms with Crippen molar-refractivity contribution in [2.24, 2.45) is 0 Å². The third-order valence-electron chi connectivity index (χ3n) is 1.92. The van der Waals surface area contributed by atoms with Crippen LogP contribution < -0.4 is 9.47 Å². The van der Waals surface area contributed by atoms with Gasteiger partial charge in [-0.1, -0.05) is 0 Å². The zero-order chi connectivity index (χ0) is 12.0. The number of hydrogen-bond acceptors (Lipinski definition) is 5. The first-order chi connectivity index (χ1) is 7.72. The van der Waals surface area contributed by atoms with E-state index >= 15 is 0 Å². The Kier molecular flexibility index (Phi) is 4.60. The summed E-state index contributed by atoms with van der Waals surface area (Å²) in [4.78, 5) is 11.4. The van der Waals surface area contributed by atoms with Gasteiger partial charge in [0.2, 0.25) is 0 Å². The molecule has 16 heavy (non-hydrogen) atoms. The lowest BCUT2D eigenvalue weighted by Crippen LogP contribution is -2.05. The van der Waals surface area contributed by atoms with Gasteiger partial charge in [-0.05, 0) is 12.1 Å². The van der Waals surface area contributed by atoms with Crippen molar-refractivity contribution in [2.75, 3.05) is 28.1 Å². The van der Waals surface area contributed by atoms with Crippen molar-refractivity contribution in [3.8, 4) is 11.5 Å². The minimum Gasteiger partial charge on any atom is -0.496 e. The average Bonchev–Trinajstić information content (AvgIpc) is 2.34. The molecule has 1 aromatic carbocycles. The van der Waals surface area contributed by atoms with Crippen LogP contribution in [0.4, 0.5) is 0 Å². The van der Waals surface area contributed by atoms with Crippen LogP contribution in [-0.2, 0) is 9.47 Å². The normalized spacial score (nSPS) is 9.69. The molecule has 0 aliphatic carbocycles. The summed E-state index contributed by atoms with van der Waals surface area (Å²) in [7, 11) is 4.32. The first-order valence-corrected chi connectivity index (χ1v) is 4.61. The molecule has 0 saturated carbocycles. The summed E-state index contributed by atoms with van der Waals surface area (Å²) in [5.74, 6) is 0.516. The molecule has 5 nitrogen and oxygen atoms in total. The first-order valence-electron chi connectivity index (χ1n) is 4.61. The van der Waals surface area contributed by atoms with Gasteiger partial charge >= 0.3 is 5.97 Å². The molecule has 0 saturated heterocycles. The molecule has 1 rings (SSSR count). The van der Waals surface area contributed by atoms with Crippen LogP contribution in [0.5, 0.6) is 11.5 Å². The van der Waals surface area contributed by atoms with Crippen molar-refractivity contribution in [3.05, 3.63) is 23.8 Å². The van der Waals surface area contributed by atoms with Gasteiger partial charge in [0.15, 0.2) is 6.79 Å². The quantitative estimate of drug-likeness (QED) is 0.562. The predicted octanol–water partition coefficient (Wildman–Crippen LogP) is 1.46. The van der Waals surface area contributed by atoms with Gasteiger partial charge in [0.25, 0.3) is 0 Å². The number of carbonyl (C=O) groups excluding carboxylic acids is 1. The summed E-state index contributed by atoms with van der Waals surface area (Å²) in [6, 6.07) is 4.83. The zero-order valence-electron chi connectivity index (χ0n) is 9.48. The number of hydrogen-bond donors (Lipinski definition) is 0. The van der Waals surface area contributed by atoms with Crippen molar-refractivity contribution >= 4 is 5.97 Å². The number of ether oxygens (including phenoxy) is 4. The molecule has 5 heteroatoms. The molecule has 0 atom stereocenters. The molecule has 0 aliphatic rings. The van der Waals surface area contributed by atoms with Gasteiger partial charge in [-0.3, -0.25) is 0 Å². The second-order valence-electron chi connectivity index (χ2n) is 2.90. The molecule has 0 spiro atoms. The molecule has 0 bridgehead atoms. The number of rotatable bonds is 5. The molecular formula is C11H14O5. The molecule has 0 N–H and O–H groups in total. The molecule has 0 aliphatic heterocycles. The Balaban J connectivity index is 2.92. The molecular weight excluding hydrogens is 212 g/mol. The number of benzene rings is 1. The van der Waals surface area contributed by atoms with Gasteiger partial charge in [0.05, 0.1) is 14.2 Å². The number of carbonyl (C=O) groups is 1. The maximum atomic E-state index is 11.4. The maximum absolute atomic E-state index is 11.4. The van der Waals surface area contributed by atoms with Crippen molar-refractivity contribution in [1.82, 2.24) is 0 Å². The summed E-state index contributed by atoms with van der Waals surface area (Å²) >= 11 is 0. The fraction of sp³-hybridized carbons (Fsp3) is 0.364. The molecule has 88 valence electrons. The molecule has 0 heterocycles. The minimum atomic E-state index is -0.449. The second kappa shape index (κ2) is 5.97. The van der Waals surface area contributed by atoms with Crippen LogP contribution in [0.3, 0.4) is 0 Å². The third-order valence-corrected chi connectivity index (χ3v) is 1.92. The Labute approximate surface area is 93.9 Å². The van der Waals surface area contributed by atoms with Crippen molar-refractivity contribution in [2.45, 2.75) is 0 Å². The van der Waals surface area contributed by atoms with Gasteiger partial charge in [0.1, 0.15) is 17.1 Å². The van der Waals surface area contributed by atoms with E-state index in [2.05, 4.69) is 4.74 Å². The highest BCUT2D eigenvalue weighted by atomic mass is 16.7. The number of esters is 1. The highest BCUT2D eigenvalue weighted by molar-refractivity contribution is 5.92. The molecule has 0 amide bonds. The van der Waals surface area contributed by atoms with Crippen LogP contribution in [0.1, 0.15) is 10.4 Å². The Morgan fingerprint density at radius 2 is 2.00 bits per heavy atom. The van der Waals surface area contributed by atoms with Crippen LogP contribution in [0.25, 0.3) is 0 Å². The summed E-state index contributed by atoms with van der Waals surface area (Å²) in [5.41, 5.74) is 0.356. The lowest BCUT2D eigenvalue weighted by molar-refractivity contribution is 0.0509. The summed E-state index contributed by atoms with van der Waals surface area (Å²) in [6.07, 6.45) is 0. The second-order valence-corrected chi connectivity index (χ2v) is 2.90. The van der Waals surface area contributed by atoms with Crippen LogP contribution in [0.15, 0.2) is 18.2 Å². The highest BCUT2D eigenvalue weighted by Crippen LogP contribution is 2.25. The van der Waals surface area contributed by atoms with E-state index in [-0.39, 0.29) is 6.79 Å². The van der Waals surface area contributed by atoms with Crippen molar-refractivity contribution < 1.29 is 23.7 Å². The Hall–Kier alpha value is -1.75. The lowest BCUT2D eigenvalue weighted by Gasteiger charge is -2.09. The minimum absolute atomic E-state index is 0.140. The fourth-order valence-corrected chi connectivity index (χ4v) is 1.17. The van der Waals surface area contributed by atoms with Gasteiger partial charge in [-0.25, -0.2) is 4.79 Å². The van der Waals surface area contributed by atoms with E-state index < -0.39 is 5.97 Å². The molecule has 0 unspecified atom stereocenters. The van der Waals surface area contributed by atoms with E-state index in [4.69, 9.17) is 14.2 Å². The van der Waals surface area contributed by atoms with Gasteiger partial charge < -0.3 is 18.9 Å². The topological polar surface area (TPSA) is 54.0 Å². The van der Waals surface area contributed by atoms with Gasteiger partial charge in [-0.15, -0.1) is 0 Å². The smallest absolute Gasteiger partial charge is 0.341 e. The molecule has 0 aromatic heterocycles. The largest absolute Gasteiger partial charge is 0.496 e. The Bertz CT molecular complexity index is 361. The SMILES string of the molecule is COCOc1ccc(C(=O)OC)c(OC)c1. The summed E-state index contributed by atoms with van der Waals surface area (Å²) in [6.45, 7) is 0.140. The van der Waals surface area contributed by atoms with E-state index in [1.54, 1.807) is 18.2 Å². The van der Waals surface area contributed by atoms with Crippen LogP contribution in [-0.4, -0.2) is 34.1 Å². The zero-order valence-corrected chi connectivity index (χ0v) is 9.48. The van der Waals surface area contributed by atoms with E-state index in [9.17, 15) is 4.79 Å².